The fourth-order valence-corrected chi connectivity index (χ4v) is 1.42. The molecule has 0 amide bonds. The van der Waals surface area contributed by atoms with Crippen molar-refractivity contribution in [2.75, 3.05) is 0 Å². The van der Waals surface area contributed by atoms with E-state index in [-0.39, 0.29) is 11.7 Å². The fourth-order valence-electron chi connectivity index (χ4n) is 1.42. The molecule has 0 saturated carbocycles. The molecule has 0 heterocycles. The van der Waals surface area contributed by atoms with Crippen molar-refractivity contribution >= 4 is 0 Å². The molecule has 1 nitrogen and oxygen atoms in total. The van der Waals surface area contributed by atoms with Crippen LogP contribution in [-0.4, -0.2) is 5.60 Å². The van der Waals surface area contributed by atoms with Gasteiger partial charge in [-0.2, -0.15) is 0 Å². The van der Waals surface area contributed by atoms with Crippen molar-refractivity contribution in [2.45, 2.75) is 39.2 Å². The number of benzene rings is 1. The van der Waals surface area contributed by atoms with Crippen molar-refractivity contribution < 1.29 is 9.13 Å². The van der Waals surface area contributed by atoms with Gasteiger partial charge in [0, 0.05) is 5.92 Å². The molecule has 1 unspecified atom stereocenters. The van der Waals surface area contributed by atoms with Gasteiger partial charge in [0.1, 0.15) is 5.60 Å². The lowest BCUT2D eigenvalue weighted by Crippen LogP contribution is -2.23. The standard InChI is InChI=1S/C14H19FO/c1-6-10(2)11-8-7-9-12(13(11)15)16-14(3,4)5/h6-10H,1H2,2-5H3. The monoisotopic (exact) mass is 222 g/mol. The smallest absolute Gasteiger partial charge is 0.168 e. The number of ether oxygens (including phenoxy) is 1. The molecule has 0 aliphatic carbocycles. The minimum absolute atomic E-state index is 0.0106. The molecule has 0 aromatic heterocycles. The zero-order valence-electron chi connectivity index (χ0n) is 10.4. The summed E-state index contributed by atoms with van der Waals surface area (Å²) in [7, 11) is 0. The molecule has 16 heavy (non-hydrogen) atoms. The maximum absolute atomic E-state index is 14.1. The van der Waals surface area contributed by atoms with Crippen molar-refractivity contribution in [3.8, 4) is 5.75 Å². The molecule has 1 aromatic carbocycles. The highest BCUT2D eigenvalue weighted by Crippen LogP contribution is 2.29. The highest BCUT2D eigenvalue weighted by molar-refractivity contribution is 5.34. The summed E-state index contributed by atoms with van der Waals surface area (Å²) in [6.07, 6.45) is 1.72. The first kappa shape index (κ1) is 12.8. The van der Waals surface area contributed by atoms with E-state index in [1.165, 1.54) is 0 Å². The molecule has 0 aliphatic rings. The van der Waals surface area contributed by atoms with Gasteiger partial charge in [-0.05, 0) is 32.4 Å². The Morgan fingerprint density at radius 3 is 2.50 bits per heavy atom. The summed E-state index contributed by atoms with van der Waals surface area (Å²) in [4.78, 5) is 0. The number of hydrogen-bond donors (Lipinski definition) is 0. The summed E-state index contributed by atoms with van der Waals surface area (Å²) in [5.41, 5.74) is 0.230. The van der Waals surface area contributed by atoms with Crippen LogP contribution in [0.5, 0.6) is 5.75 Å². The second kappa shape index (κ2) is 4.69. The molecule has 2 heteroatoms. The number of rotatable bonds is 3. The van der Waals surface area contributed by atoms with Crippen LogP contribution in [0.15, 0.2) is 30.9 Å². The summed E-state index contributed by atoms with van der Waals surface area (Å²) in [5, 5.41) is 0. The van der Waals surface area contributed by atoms with Crippen LogP contribution in [0.2, 0.25) is 0 Å². The topological polar surface area (TPSA) is 9.23 Å². The number of allylic oxidation sites excluding steroid dienone is 1. The lowest BCUT2D eigenvalue weighted by molar-refractivity contribution is 0.124. The average molecular weight is 222 g/mol. The second-order valence-electron chi connectivity index (χ2n) is 4.90. The third kappa shape index (κ3) is 3.09. The van der Waals surface area contributed by atoms with Crippen LogP contribution >= 0.6 is 0 Å². The maximum atomic E-state index is 14.1. The van der Waals surface area contributed by atoms with E-state index in [9.17, 15) is 4.39 Å². The van der Waals surface area contributed by atoms with Crippen molar-refractivity contribution in [1.29, 1.82) is 0 Å². The molecule has 1 rings (SSSR count). The van der Waals surface area contributed by atoms with Gasteiger partial charge in [0.15, 0.2) is 11.6 Å². The summed E-state index contributed by atoms with van der Waals surface area (Å²) < 4.78 is 19.6. The van der Waals surface area contributed by atoms with Gasteiger partial charge in [0.05, 0.1) is 0 Å². The van der Waals surface area contributed by atoms with Crippen LogP contribution in [0.4, 0.5) is 4.39 Å². The first-order chi connectivity index (χ1) is 7.35. The summed E-state index contributed by atoms with van der Waals surface area (Å²) in [5.74, 6) is 0.00652. The molecule has 0 radical (unpaired) electrons. The summed E-state index contributed by atoms with van der Waals surface area (Å²) in [6.45, 7) is 11.3. The minimum Gasteiger partial charge on any atom is -0.485 e. The Morgan fingerprint density at radius 1 is 1.38 bits per heavy atom. The number of hydrogen-bond acceptors (Lipinski definition) is 1. The van der Waals surface area contributed by atoms with Crippen molar-refractivity contribution in [1.82, 2.24) is 0 Å². The largest absolute Gasteiger partial charge is 0.485 e. The van der Waals surface area contributed by atoms with Gasteiger partial charge in [-0.25, -0.2) is 4.39 Å². The van der Waals surface area contributed by atoms with Crippen LogP contribution in [0.25, 0.3) is 0 Å². The normalized spacial score (nSPS) is 13.3. The van der Waals surface area contributed by atoms with Crippen LogP contribution in [0.1, 0.15) is 39.2 Å². The molecule has 0 bridgehead atoms. The Morgan fingerprint density at radius 2 is 2.00 bits per heavy atom. The third-order valence-corrected chi connectivity index (χ3v) is 2.25. The maximum Gasteiger partial charge on any atom is 0.168 e. The van der Waals surface area contributed by atoms with E-state index in [4.69, 9.17) is 4.74 Å². The minimum atomic E-state index is -0.392. The van der Waals surface area contributed by atoms with Gasteiger partial charge in [0.2, 0.25) is 0 Å². The van der Waals surface area contributed by atoms with Crippen LogP contribution < -0.4 is 4.74 Å². The van der Waals surface area contributed by atoms with Gasteiger partial charge in [-0.1, -0.05) is 25.1 Å². The summed E-state index contributed by atoms with van der Waals surface area (Å²) >= 11 is 0. The highest BCUT2D eigenvalue weighted by atomic mass is 19.1. The van der Waals surface area contributed by atoms with E-state index in [1.54, 1.807) is 24.3 Å². The quantitative estimate of drug-likeness (QED) is 0.693. The first-order valence-electron chi connectivity index (χ1n) is 5.45. The van der Waals surface area contributed by atoms with E-state index < -0.39 is 5.60 Å². The molecule has 1 aromatic rings. The average Bonchev–Trinajstić information content (AvgIpc) is 2.18. The molecule has 0 aliphatic heterocycles. The van der Waals surface area contributed by atoms with E-state index in [0.29, 0.717) is 11.3 Å². The zero-order valence-corrected chi connectivity index (χ0v) is 10.4. The lowest BCUT2D eigenvalue weighted by atomic mass is 10.0. The third-order valence-electron chi connectivity index (χ3n) is 2.25. The van der Waals surface area contributed by atoms with Gasteiger partial charge >= 0.3 is 0 Å². The molecule has 88 valence electrons. The summed E-state index contributed by atoms with van der Waals surface area (Å²) in [6, 6.07) is 5.22. The predicted molar refractivity (Wildman–Crippen MR) is 65.4 cm³/mol. The van der Waals surface area contributed by atoms with Gasteiger partial charge in [-0.15, -0.1) is 6.58 Å². The van der Waals surface area contributed by atoms with Crippen LogP contribution in [0, 0.1) is 5.82 Å². The van der Waals surface area contributed by atoms with E-state index >= 15 is 0 Å². The van der Waals surface area contributed by atoms with Gasteiger partial charge < -0.3 is 4.74 Å². The SMILES string of the molecule is C=CC(C)c1cccc(OC(C)(C)C)c1F. The number of halogens is 1. The molecule has 1 atom stereocenters. The van der Waals surface area contributed by atoms with Crippen LogP contribution in [-0.2, 0) is 0 Å². The highest BCUT2D eigenvalue weighted by Gasteiger charge is 2.18. The van der Waals surface area contributed by atoms with Gasteiger partial charge in [-0.3, -0.25) is 0 Å². The second-order valence-corrected chi connectivity index (χ2v) is 4.90. The Bertz CT molecular complexity index is 377. The van der Waals surface area contributed by atoms with Crippen molar-refractivity contribution in [3.63, 3.8) is 0 Å². The fraction of sp³-hybridized carbons (Fsp3) is 0.429. The Labute approximate surface area is 96.9 Å². The first-order valence-corrected chi connectivity index (χ1v) is 5.45. The zero-order chi connectivity index (χ0) is 12.3. The lowest BCUT2D eigenvalue weighted by Gasteiger charge is -2.22. The Hall–Kier alpha value is -1.31. The molecular formula is C14H19FO. The molecule has 0 fully saturated rings. The molecule has 0 spiro atoms. The molecule has 0 saturated heterocycles. The van der Waals surface area contributed by atoms with Crippen molar-refractivity contribution in [2.24, 2.45) is 0 Å². The van der Waals surface area contributed by atoms with Crippen LogP contribution in [0.3, 0.4) is 0 Å². The van der Waals surface area contributed by atoms with E-state index in [0.717, 1.165) is 0 Å². The molecule has 0 N–H and O–H groups in total. The Kier molecular flexibility index (Phi) is 3.74. The van der Waals surface area contributed by atoms with E-state index in [2.05, 4.69) is 6.58 Å². The molecular weight excluding hydrogens is 203 g/mol. The van der Waals surface area contributed by atoms with Gasteiger partial charge in [0.25, 0.3) is 0 Å². The van der Waals surface area contributed by atoms with Crippen molar-refractivity contribution in [3.05, 3.63) is 42.2 Å². The predicted octanol–water partition coefficient (Wildman–Crippen LogP) is 4.29. The Balaban J connectivity index is 3.09. The van der Waals surface area contributed by atoms with E-state index in [1.807, 2.05) is 27.7 Å².